The summed E-state index contributed by atoms with van der Waals surface area (Å²) in [6.45, 7) is 2.28. The van der Waals surface area contributed by atoms with Crippen LogP contribution in [0.15, 0.2) is 24.3 Å². The van der Waals surface area contributed by atoms with Crippen LogP contribution in [0.2, 0.25) is 5.02 Å². The molecule has 0 bridgehead atoms. The maximum atomic E-state index is 11.7. The van der Waals surface area contributed by atoms with Crippen LogP contribution in [0.3, 0.4) is 0 Å². The first-order valence-electron chi connectivity index (χ1n) is 5.48. The van der Waals surface area contributed by atoms with Gasteiger partial charge in [-0.1, -0.05) is 23.7 Å². The Hall–Kier alpha value is -0.770. The third-order valence-corrected chi connectivity index (χ3v) is 3.02. The van der Waals surface area contributed by atoms with E-state index in [4.69, 9.17) is 11.6 Å². The van der Waals surface area contributed by atoms with E-state index in [1.165, 1.54) is 0 Å². The second kappa shape index (κ2) is 6.84. The molecule has 0 radical (unpaired) electrons. The number of carbonyl (C=O) groups is 1. The van der Waals surface area contributed by atoms with Gasteiger partial charge in [0.15, 0.2) is 0 Å². The minimum absolute atomic E-state index is 0. The monoisotopic (exact) mass is 274 g/mol. The van der Waals surface area contributed by atoms with Crippen LogP contribution in [0, 0.1) is 5.92 Å². The third-order valence-electron chi connectivity index (χ3n) is 2.79. The van der Waals surface area contributed by atoms with Gasteiger partial charge >= 0.3 is 0 Å². The van der Waals surface area contributed by atoms with Gasteiger partial charge in [-0.3, -0.25) is 4.79 Å². The lowest BCUT2D eigenvalue weighted by molar-refractivity contribution is -0.124. The molecule has 0 saturated carbocycles. The fourth-order valence-corrected chi connectivity index (χ4v) is 2.07. The Bertz CT molecular complexity index is 379. The zero-order chi connectivity index (χ0) is 11.4. The van der Waals surface area contributed by atoms with Gasteiger partial charge in [-0.2, -0.15) is 0 Å². The molecule has 2 rings (SSSR count). The Kier molecular flexibility index (Phi) is 5.75. The molecule has 1 aliphatic rings. The third kappa shape index (κ3) is 4.19. The van der Waals surface area contributed by atoms with E-state index in [-0.39, 0.29) is 24.2 Å². The van der Waals surface area contributed by atoms with Crippen LogP contribution in [-0.4, -0.2) is 19.0 Å². The highest BCUT2D eigenvalue weighted by molar-refractivity contribution is 6.30. The molecule has 1 aromatic rings. The van der Waals surface area contributed by atoms with Crippen molar-refractivity contribution in [2.24, 2.45) is 5.92 Å². The summed E-state index contributed by atoms with van der Waals surface area (Å²) < 4.78 is 0. The number of hydrogen-bond donors (Lipinski definition) is 2. The molecule has 1 heterocycles. The largest absolute Gasteiger partial charge is 0.352 e. The van der Waals surface area contributed by atoms with Gasteiger partial charge in [0.1, 0.15) is 0 Å². The topological polar surface area (TPSA) is 41.1 Å². The molecule has 17 heavy (non-hydrogen) atoms. The molecule has 0 aliphatic carbocycles. The molecule has 1 unspecified atom stereocenters. The van der Waals surface area contributed by atoms with Gasteiger partial charge in [0.05, 0.1) is 5.92 Å². The van der Waals surface area contributed by atoms with Gasteiger partial charge in [-0.25, -0.2) is 0 Å². The maximum absolute atomic E-state index is 11.7. The van der Waals surface area contributed by atoms with Crippen molar-refractivity contribution in [2.45, 2.75) is 13.0 Å². The van der Waals surface area contributed by atoms with Gasteiger partial charge in [-0.15, -0.1) is 12.4 Å². The molecule has 0 spiro atoms. The van der Waals surface area contributed by atoms with Crippen molar-refractivity contribution in [3.05, 3.63) is 34.9 Å². The molecular weight excluding hydrogens is 259 g/mol. The van der Waals surface area contributed by atoms with Crippen molar-refractivity contribution in [1.82, 2.24) is 10.6 Å². The van der Waals surface area contributed by atoms with E-state index in [0.29, 0.717) is 11.6 Å². The average molecular weight is 275 g/mol. The molecule has 94 valence electrons. The molecule has 1 amide bonds. The van der Waals surface area contributed by atoms with E-state index < -0.39 is 0 Å². The normalized spacial score (nSPS) is 18.5. The van der Waals surface area contributed by atoms with E-state index in [1.54, 1.807) is 0 Å². The predicted octanol–water partition coefficient (Wildman–Crippen LogP) is 1.99. The van der Waals surface area contributed by atoms with Crippen molar-refractivity contribution in [1.29, 1.82) is 0 Å². The van der Waals surface area contributed by atoms with E-state index in [0.717, 1.165) is 25.1 Å². The summed E-state index contributed by atoms with van der Waals surface area (Å²) in [5.41, 5.74) is 1.03. The van der Waals surface area contributed by atoms with Crippen LogP contribution in [0.1, 0.15) is 12.0 Å². The highest BCUT2D eigenvalue weighted by Crippen LogP contribution is 2.11. The first-order valence-corrected chi connectivity index (χ1v) is 5.86. The molecule has 1 aliphatic heterocycles. The van der Waals surface area contributed by atoms with Gasteiger partial charge in [0.2, 0.25) is 5.91 Å². The van der Waals surface area contributed by atoms with Crippen LogP contribution in [0.5, 0.6) is 0 Å². The molecule has 3 nitrogen and oxygen atoms in total. The summed E-state index contributed by atoms with van der Waals surface area (Å²) in [6.07, 6.45) is 0.932. The van der Waals surface area contributed by atoms with E-state index in [1.807, 2.05) is 24.3 Å². The Balaban J connectivity index is 0.00000144. The quantitative estimate of drug-likeness (QED) is 0.885. The smallest absolute Gasteiger partial charge is 0.224 e. The highest BCUT2D eigenvalue weighted by atomic mass is 35.5. The van der Waals surface area contributed by atoms with Crippen molar-refractivity contribution < 1.29 is 4.79 Å². The first-order chi connectivity index (χ1) is 7.75. The first kappa shape index (κ1) is 14.3. The fraction of sp³-hybridized carbons (Fsp3) is 0.417. The summed E-state index contributed by atoms with van der Waals surface area (Å²) in [5.74, 6) is 0.254. The van der Waals surface area contributed by atoms with Gasteiger partial charge in [-0.05, 0) is 30.7 Å². The van der Waals surface area contributed by atoms with Crippen LogP contribution >= 0.6 is 24.0 Å². The number of amides is 1. The molecule has 5 heteroatoms. The van der Waals surface area contributed by atoms with E-state index >= 15 is 0 Å². The molecule has 1 saturated heterocycles. The van der Waals surface area contributed by atoms with Crippen LogP contribution in [0.4, 0.5) is 0 Å². The maximum Gasteiger partial charge on any atom is 0.224 e. The van der Waals surface area contributed by atoms with Crippen molar-refractivity contribution in [3.63, 3.8) is 0 Å². The number of carbonyl (C=O) groups excluding carboxylic acids is 1. The fourth-order valence-electron chi connectivity index (χ4n) is 1.86. The van der Waals surface area contributed by atoms with Gasteiger partial charge in [0.25, 0.3) is 0 Å². The van der Waals surface area contributed by atoms with Crippen LogP contribution in [0.25, 0.3) is 0 Å². The van der Waals surface area contributed by atoms with Crippen molar-refractivity contribution in [2.75, 3.05) is 13.1 Å². The Morgan fingerprint density at radius 3 is 3.00 bits per heavy atom. The standard InChI is InChI=1S/C12H15ClN2O.ClH/c13-11-3-1-2-9(6-11)7-15-12(16)10-4-5-14-8-10;/h1-3,6,10,14H,4-5,7-8H2,(H,15,16);1H. The lowest BCUT2D eigenvalue weighted by Crippen LogP contribution is -2.31. The second-order valence-electron chi connectivity index (χ2n) is 4.04. The SMILES string of the molecule is Cl.O=C(NCc1cccc(Cl)c1)C1CCNC1. The number of nitrogens with one attached hydrogen (secondary N) is 2. The molecular formula is C12H16Cl2N2O. The Morgan fingerprint density at radius 2 is 2.35 bits per heavy atom. The highest BCUT2D eigenvalue weighted by Gasteiger charge is 2.21. The molecule has 1 aromatic carbocycles. The zero-order valence-corrected chi connectivity index (χ0v) is 11.0. The summed E-state index contributed by atoms with van der Waals surface area (Å²) in [7, 11) is 0. The van der Waals surface area contributed by atoms with Crippen LogP contribution in [-0.2, 0) is 11.3 Å². The minimum Gasteiger partial charge on any atom is -0.352 e. The lowest BCUT2D eigenvalue weighted by Gasteiger charge is -2.09. The second-order valence-corrected chi connectivity index (χ2v) is 4.47. The number of benzene rings is 1. The lowest BCUT2D eigenvalue weighted by atomic mass is 10.1. The Labute approximate surface area is 112 Å². The van der Waals surface area contributed by atoms with E-state index in [2.05, 4.69) is 10.6 Å². The number of rotatable bonds is 3. The summed E-state index contributed by atoms with van der Waals surface area (Å²) >= 11 is 5.86. The molecule has 2 N–H and O–H groups in total. The van der Waals surface area contributed by atoms with Crippen molar-refractivity contribution >= 4 is 29.9 Å². The van der Waals surface area contributed by atoms with Crippen LogP contribution < -0.4 is 10.6 Å². The number of hydrogen-bond acceptors (Lipinski definition) is 2. The summed E-state index contributed by atoms with van der Waals surface area (Å²) in [4.78, 5) is 11.7. The van der Waals surface area contributed by atoms with E-state index in [9.17, 15) is 4.79 Å². The predicted molar refractivity (Wildman–Crippen MR) is 71.5 cm³/mol. The molecule has 1 fully saturated rings. The Morgan fingerprint density at radius 1 is 1.53 bits per heavy atom. The van der Waals surface area contributed by atoms with Gasteiger partial charge < -0.3 is 10.6 Å². The summed E-state index contributed by atoms with van der Waals surface area (Å²) in [6, 6.07) is 7.54. The zero-order valence-electron chi connectivity index (χ0n) is 9.41. The van der Waals surface area contributed by atoms with Gasteiger partial charge in [0, 0.05) is 18.1 Å². The summed E-state index contributed by atoms with van der Waals surface area (Å²) in [5, 5.41) is 6.81. The molecule has 1 atom stereocenters. The molecule has 0 aromatic heterocycles. The minimum atomic E-state index is 0. The average Bonchev–Trinajstić information content (AvgIpc) is 2.79. The number of halogens is 2. The van der Waals surface area contributed by atoms with Crippen molar-refractivity contribution in [3.8, 4) is 0 Å².